The highest BCUT2D eigenvalue weighted by molar-refractivity contribution is 6.39. The predicted octanol–water partition coefficient (Wildman–Crippen LogP) is 3.41. The number of carbonyl (C=O) groups excluding carboxylic acids is 2. The third kappa shape index (κ3) is 5.04. The van der Waals surface area contributed by atoms with Crippen LogP contribution in [0.5, 0.6) is 0 Å². The molecule has 2 N–H and O–H groups in total. The second kappa shape index (κ2) is 9.36. The molecule has 8 nitrogen and oxygen atoms in total. The molecule has 0 aliphatic carbocycles. The van der Waals surface area contributed by atoms with Crippen LogP contribution >= 0.6 is 0 Å². The summed E-state index contributed by atoms with van der Waals surface area (Å²) in [7, 11) is 3.83. The molecular weight excluding hydrogens is 396 g/mol. The molecule has 0 unspecified atom stereocenters. The molecule has 0 spiro atoms. The Morgan fingerprint density at radius 1 is 1.03 bits per heavy atom. The number of benzene rings is 3. The predicted molar refractivity (Wildman–Crippen MR) is 120 cm³/mol. The van der Waals surface area contributed by atoms with Crippen LogP contribution in [0.3, 0.4) is 0 Å². The number of amides is 2. The summed E-state index contributed by atoms with van der Waals surface area (Å²) >= 11 is 0. The van der Waals surface area contributed by atoms with Crippen molar-refractivity contribution in [1.82, 2.24) is 10.2 Å². The number of likely N-dealkylation sites (N-methyl/N-ethyl adjacent to an activating group) is 1. The Balaban J connectivity index is 1.70. The van der Waals surface area contributed by atoms with Crippen LogP contribution in [0.2, 0.25) is 0 Å². The smallest absolute Gasteiger partial charge is 0.313 e. The van der Waals surface area contributed by atoms with Crippen molar-refractivity contribution in [3.63, 3.8) is 0 Å². The van der Waals surface area contributed by atoms with Crippen molar-refractivity contribution >= 4 is 34.0 Å². The Morgan fingerprint density at radius 2 is 1.74 bits per heavy atom. The van der Waals surface area contributed by atoms with E-state index in [-0.39, 0.29) is 18.3 Å². The number of aryl methyl sites for hydroxylation is 1. The number of rotatable bonds is 6. The summed E-state index contributed by atoms with van der Waals surface area (Å²) in [6.45, 7) is 1.87. The average molecular weight is 420 g/mol. The zero-order chi connectivity index (χ0) is 22.5. The Bertz CT molecular complexity index is 1140. The SMILES string of the molecule is Cc1cc([N+](=O)[O-])ccc1NC(=O)C(=O)NC[C@H](c1cccc2ccccc12)N(C)C. The summed E-state index contributed by atoms with van der Waals surface area (Å²) in [4.78, 5) is 37.1. The molecule has 0 heterocycles. The van der Waals surface area contributed by atoms with Gasteiger partial charge < -0.3 is 15.5 Å². The molecule has 3 aromatic carbocycles. The van der Waals surface area contributed by atoms with E-state index in [2.05, 4.69) is 10.6 Å². The fourth-order valence-electron chi connectivity index (χ4n) is 3.46. The standard InChI is InChI=1S/C23H24N4O4/c1-15-13-17(27(30)31)11-12-20(15)25-23(29)22(28)24-14-21(26(2)3)19-10-6-8-16-7-4-5-9-18(16)19/h4-13,21H,14H2,1-3H3,(H,24,28)(H,25,29)/t21-/m1/s1. The molecule has 31 heavy (non-hydrogen) atoms. The number of nitro benzene ring substituents is 1. The molecule has 0 aromatic heterocycles. The van der Waals surface area contributed by atoms with Gasteiger partial charge in [0.15, 0.2) is 0 Å². The molecule has 0 radical (unpaired) electrons. The van der Waals surface area contributed by atoms with Gasteiger partial charge in [-0.05, 0) is 49.0 Å². The van der Waals surface area contributed by atoms with Gasteiger partial charge in [-0.25, -0.2) is 0 Å². The summed E-state index contributed by atoms with van der Waals surface area (Å²) in [5.74, 6) is -1.60. The molecule has 0 fully saturated rings. The van der Waals surface area contributed by atoms with E-state index in [4.69, 9.17) is 0 Å². The fourth-order valence-corrected chi connectivity index (χ4v) is 3.46. The molecule has 3 aromatic rings. The highest BCUT2D eigenvalue weighted by Crippen LogP contribution is 2.27. The van der Waals surface area contributed by atoms with Crippen LogP contribution < -0.4 is 10.6 Å². The Kier molecular flexibility index (Phi) is 6.61. The molecule has 0 bridgehead atoms. The van der Waals surface area contributed by atoms with E-state index < -0.39 is 16.7 Å². The first-order valence-electron chi connectivity index (χ1n) is 9.76. The molecular formula is C23H24N4O4. The van der Waals surface area contributed by atoms with E-state index in [1.165, 1.54) is 18.2 Å². The maximum Gasteiger partial charge on any atom is 0.313 e. The van der Waals surface area contributed by atoms with E-state index in [0.29, 0.717) is 11.3 Å². The highest BCUT2D eigenvalue weighted by atomic mass is 16.6. The summed E-state index contributed by atoms with van der Waals surface area (Å²) in [6, 6.07) is 17.9. The third-order valence-corrected chi connectivity index (χ3v) is 5.14. The topological polar surface area (TPSA) is 105 Å². The lowest BCUT2D eigenvalue weighted by Gasteiger charge is -2.26. The van der Waals surface area contributed by atoms with Crippen molar-refractivity contribution in [2.45, 2.75) is 13.0 Å². The zero-order valence-electron chi connectivity index (χ0n) is 17.6. The number of nitrogens with one attached hydrogen (secondary N) is 2. The summed E-state index contributed by atoms with van der Waals surface area (Å²) in [5.41, 5.74) is 1.82. The van der Waals surface area contributed by atoms with Crippen LogP contribution in [0.25, 0.3) is 10.8 Å². The van der Waals surface area contributed by atoms with Crippen molar-refractivity contribution in [2.75, 3.05) is 26.0 Å². The number of nitro groups is 1. The monoisotopic (exact) mass is 420 g/mol. The number of carbonyl (C=O) groups is 2. The Morgan fingerprint density at radius 3 is 2.42 bits per heavy atom. The third-order valence-electron chi connectivity index (χ3n) is 5.14. The number of anilines is 1. The largest absolute Gasteiger partial charge is 0.346 e. The minimum atomic E-state index is -0.827. The number of non-ortho nitro benzene ring substituents is 1. The second-order valence-electron chi connectivity index (χ2n) is 7.47. The van der Waals surface area contributed by atoms with Gasteiger partial charge in [-0.1, -0.05) is 42.5 Å². The van der Waals surface area contributed by atoms with E-state index in [1.54, 1.807) is 6.92 Å². The van der Waals surface area contributed by atoms with Gasteiger partial charge in [0.2, 0.25) is 0 Å². The van der Waals surface area contributed by atoms with E-state index >= 15 is 0 Å². The van der Waals surface area contributed by atoms with Crippen molar-refractivity contribution in [3.8, 4) is 0 Å². The fraction of sp³-hybridized carbons (Fsp3) is 0.217. The number of fused-ring (bicyclic) bond motifs is 1. The summed E-state index contributed by atoms with van der Waals surface area (Å²) in [6.07, 6.45) is 0. The minimum absolute atomic E-state index is 0.0798. The first-order valence-corrected chi connectivity index (χ1v) is 9.76. The van der Waals surface area contributed by atoms with Crippen molar-refractivity contribution in [3.05, 3.63) is 81.9 Å². The van der Waals surface area contributed by atoms with Gasteiger partial charge in [0.1, 0.15) is 0 Å². The maximum atomic E-state index is 12.4. The molecule has 0 aliphatic rings. The van der Waals surface area contributed by atoms with Gasteiger partial charge in [-0.15, -0.1) is 0 Å². The molecule has 160 valence electrons. The van der Waals surface area contributed by atoms with Gasteiger partial charge >= 0.3 is 11.8 Å². The summed E-state index contributed by atoms with van der Waals surface area (Å²) < 4.78 is 0. The molecule has 0 saturated heterocycles. The molecule has 1 atom stereocenters. The van der Waals surface area contributed by atoms with E-state index in [9.17, 15) is 19.7 Å². The van der Waals surface area contributed by atoms with Crippen LogP contribution in [0.4, 0.5) is 11.4 Å². The van der Waals surface area contributed by atoms with Gasteiger partial charge in [0.25, 0.3) is 5.69 Å². The average Bonchev–Trinajstić information content (AvgIpc) is 2.74. The van der Waals surface area contributed by atoms with E-state index in [0.717, 1.165) is 16.3 Å². The number of nitrogens with zero attached hydrogens (tertiary/aromatic N) is 2. The molecule has 2 amide bonds. The van der Waals surface area contributed by atoms with Gasteiger partial charge in [-0.3, -0.25) is 19.7 Å². The number of hydrogen-bond donors (Lipinski definition) is 2. The van der Waals surface area contributed by atoms with Crippen LogP contribution in [0, 0.1) is 17.0 Å². The lowest BCUT2D eigenvalue weighted by atomic mass is 9.98. The second-order valence-corrected chi connectivity index (χ2v) is 7.47. The first-order chi connectivity index (χ1) is 14.8. The minimum Gasteiger partial charge on any atom is -0.346 e. The molecule has 8 heteroatoms. The Hall–Kier alpha value is -3.78. The molecule has 0 saturated carbocycles. The van der Waals surface area contributed by atoms with E-state index in [1.807, 2.05) is 61.5 Å². The maximum absolute atomic E-state index is 12.4. The van der Waals surface area contributed by atoms with Gasteiger partial charge in [0, 0.05) is 24.4 Å². The van der Waals surface area contributed by atoms with Crippen molar-refractivity contribution in [2.24, 2.45) is 0 Å². The molecule has 3 rings (SSSR count). The van der Waals surface area contributed by atoms with Crippen LogP contribution in [-0.2, 0) is 9.59 Å². The van der Waals surface area contributed by atoms with Crippen LogP contribution in [-0.4, -0.2) is 42.3 Å². The van der Waals surface area contributed by atoms with Crippen molar-refractivity contribution in [1.29, 1.82) is 0 Å². The summed E-state index contributed by atoms with van der Waals surface area (Å²) in [5, 5.41) is 18.2. The highest BCUT2D eigenvalue weighted by Gasteiger charge is 2.21. The first kappa shape index (κ1) is 21.9. The van der Waals surface area contributed by atoms with Gasteiger partial charge in [0.05, 0.1) is 11.0 Å². The van der Waals surface area contributed by atoms with Crippen LogP contribution in [0.15, 0.2) is 60.7 Å². The lowest BCUT2D eigenvalue weighted by Crippen LogP contribution is -2.40. The lowest BCUT2D eigenvalue weighted by molar-refractivity contribution is -0.384. The number of hydrogen-bond acceptors (Lipinski definition) is 5. The van der Waals surface area contributed by atoms with Gasteiger partial charge in [-0.2, -0.15) is 0 Å². The zero-order valence-corrected chi connectivity index (χ0v) is 17.6. The van der Waals surface area contributed by atoms with Crippen molar-refractivity contribution < 1.29 is 14.5 Å². The quantitative estimate of drug-likeness (QED) is 0.361. The van der Waals surface area contributed by atoms with Crippen LogP contribution in [0.1, 0.15) is 17.2 Å². The molecule has 0 aliphatic heterocycles. The normalized spacial score (nSPS) is 11.9. The Labute approximate surface area is 180 Å².